The summed E-state index contributed by atoms with van der Waals surface area (Å²) in [5.41, 5.74) is 0.760. The number of hydrogen-bond acceptors (Lipinski definition) is 6. The lowest BCUT2D eigenvalue weighted by Gasteiger charge is -2.11. The van der Waals surface area contributed by atoms with Gasteiger partial charge in [-0.25, -0.2) is 9.67 Å². The molecule has 0 bridgehead atoms. The highest BCUT2D eigenvalue weighted by Crippen LogP contribution is 2.23. The predicted octanol–water partition coefficient (Wildman–Crippen LogP) is 3.83. The van der Waals surface area contributed by atoms with Crippen LogP contribution in [0.3, 0.4) is 0 Å². The van der Waals surface area contributed by atoms with Crippen molar-refractivity contribution in [2.75, 3.05) is 5.32 Å². The van der Waals surface area contributed by atoms with E-state index in [4.69, 9.17) is 11.6 Å². The van der Waals surface area contributed by atoms with Gasteiger partial charge in [-0.2, -0.15) is 5.10 Å². The summed E-state index contributed by atoms with van der Waals surface area (Å²) in [5.74, 6) is 1.14. The minimum atomic E-state index is -0.0725. The van der Waals surface area contributed by atoms with Gasteiger partial charge in [0, 0.05) is 24.9 Å². The van der Waals surface area contributed by atoms with Crippen molar-refractivity contribution in [3.8, 4) is 5.82 Å². The molecule has 0 radical (unpaired) electrons. The molecular formula is C17H17ClN6O. The Labute approximate surface area is 150 Å². The van der Waals surface area contributed by atoms with Crippen LogP contribution in [0.2, 0.25) is 5.15 Å². The molecule has 0 unspecified atom stereocenters. The van der Waals surface area contributed by atoms with Crippen LogP contribution in [-0.2, 0) is 0 Å². The third-order valence-electron chi connectivity index (χ3n) is 3.52. The molecule has 0 spiro atoms. The summed E-state index contributed by atoms with van der Waals surface area (Å²) in [6, 6.07) is 8.88. The van der Waals surface area contributed by atoms with Crippen LogP contribution < -0.4 is 5.32 Å². The van der Waals surface area contributed by atoms with Gasteiger partial charge in [0.2, 0.25) is 0 Å². The van der Waals surface area contributed by atoms with Gasteiger partial charge >= 0.3 is 0 Å². The van der Waals surface area contributed by atoms with E-state index in [0.29, 0.717) is 23.7 Å². The van der Waals surface area contributed by atoms with Gasteiger partial charge in [-0.1, -0.05) is 31.0 Å². The summed E-state index contributed by atoms with van der Waals surface area (Å²) in [6.45, 7) is 2.03. The van der Waals surface area contributed by atoms with Crippen LogP contribution in [0.25, 0.3) is 5.82 Å². The first-order chi connectivity index (χ1) is 12.2. The van der Waals surface area contributed by atoms with E-state index < -0.39 is 0 Å². The molecule has 0 atom stereocenters. The predicted molar refractivity (Wildman–Crippen MR) is 95.5 cm³/mol. The second-order valence-electron chi connectivity index (χ2n) is 5.41. The maximum Gasteiger partial charge on any atom is 0.185 e. The van der Waals surface area contributed by atoms with Crippen molar-refractivity contribution in [2.24, 2.45) is 0 Å². The molecule has 0 fully saturated rings. The van der Waals surface area contributed by atoms with E-state index in [1.54, 1.807) is 29.2 Å². The molecule has 0 saturated carbocycles. The van der Waals surface area contributed by atoms with E-state index in [1.165, 1.54) is 0 Å². The van der Waals surface area contributed by atoms with Crippen molar-refractivity contribution in [3.05, 3.63) is 53.6 Å². The topological polar surface area (TPSA) is 85.6 Å². The van der Waals surface area contributed by atoms with E-state index >= 15 is 0 Å². The van der Waals surface area contributed by atoms with Gasteiger partial charge in [-0.15, -0.1) is 10.2 Å². The molecule has 3 aromatic heterocycles. The highest BCUT2D eigenvalue weighted by atomic mass is 35.5. The molecule has 3 rings (SSSR count). The van der Waals surface area contributed by atoms with Crippen molar-refractivity contribution < 1.29 is 4.79 Å². The fourth-order valence-corrected chi connectivity index (χ4v) is 2.43. The smallest absolute Gasteiger partial charge is 0.185 e. The standard InChI is InChI=1S/C17H17ClN6O/c1-2-3-6-13(25)17-12(11-14(18)22-23-17)20-15-7-4-8-16(21-15)24-10-5-9-19-24/h4-5,7-11H,2-3,6H2,1H3,(H,20,21,22). The monoisotopic (exact) mass is 356 g/mol. The number of nitrogens with zero attached hydrogens (tertiary/aromatic N) is 5. The number of carbonyl (C=O) groups is 1. The van der Waals surface area contributed by atoms with Gasteiger partial charge in [-0.05, 0) is 24.6 Å². The molecule has 1 N–H and O–H groups in total. The molecule has 3 heterocycles. The molecule has 3 aromatic rings. The Kier molecular flexibility index (Phi) is 5.35. The molecule has 128 valence electrons. The molecule has 0 aliphatic carbocycles. The van der Waals surface area contributed by atoms with Crippen LogP contribution in [0.15, 0.2) is 42.7 Å². The van der Waals surface area contributed by atoms with Crippen molar-refractivity contribution in [2.45, 2.75) is 26.2 Å². The maximum absolute atomic E-state index is 12.4. The number of Topliss-reactive ketones (excluding diaryl/α,β-unsaturated/α-hetero) is 1. The zero-order valence-corrected chi connectivity index (χ0v) is 14.4. The largest absolute Gasteiger partial charge is 0.338 e. The van der Waals surface area contributed by atoms with Crippen molar-refractivity contribution >= 4 is 28.9 Å². The SMILES string of the molecule is CCCCC(=O)c1nnc(Cl)cc1Nc1cccc(-n2cccn2)n1. The van der Waals surface area contributed by atoms with Crippen molar-refractivity contribution in [3.63, 3.8) is 0 Å². The molecule has 8 heteroatoms. The number of anilines is 2. The Balaban J connectivity index is 1.88. The summed E-state index contributed by atoms with van der Waals surface area (Å²) >= 11 is 5.95. The molecule has 0 amide bonds. The van der Waals surface area contributed by atoms with Crippen molar-refractivity contribution in [1.82, 2.24) is 25.0 Å². The van der Waals surface area contributed by atoms with E-state index in [0.717, 1.165) is 12.8 Å². The van der Waals surface area contributed by atoms with Gasteiger partial charge < -0.3 is 5.32 Å². The summed E-state index contributed by atoms with van der Waals surface area (Å²) in [4.78, 5) is 16.8. The van der Waals surface area contributed by atoms with Gasteiger partial charge in [-0.3, -0.25) is 4.79 Å². The second-order valence-corrected chi connectivity index (χ2v) is 5.80. The first kappa shape index (κ1) is 17.0. The lowest BCUT2D eigenvalue weighted by atomic mass is 10.1. The Morgan fingerprint density at radius 1 is 1.28 bits per heavy atom. The van der Waals surface area contributed by atoms with Crippen LogP contribution in [0.4, 0.5) is 11.5 Å². The summed E-state index contributed by atoms with van der Waals surface area (Å²) < 4.78 is 1.65. The summed E-state index contributed by atoms with van der Waals surface area (Å²) in [5, 5.41) is 15.2. The van der Waals surface area contributed by atoms with E-state index in [1.807, 2.05) is 25.1 Å². The number of hydrogen-bond donors (Lipinski definition) is 1. The lowest BCUT2D eigenvalue weighted by Crippen LogP contribution is -2.09. The molecule has 0 aromatic carbocycles. The molecule has 0 saturated heterocycles. The quantitative estimate of drug-likeness (QED) is 0.647. The zero-order valence-electron chi connectivity index (χ0n) is 13.7. The number of halogens is 1. The number of unbranched alkanes of at least 4 members (excludes halogenated alkanes) is 1. The number of pyridine rings is 1. The number of carbonyl (C=O) groups excluding carboxylic acids is 1. The molecular weight excluding hydrogens is 340 g/mol. The molecule has 25 heavy (non-hydrogen) atoms. The average molecular weight is 357 g/mol. The number of nitrogens with one attached hydrogen (secondary N) is 1. The van der Waals surface area contributed by atoms with Gasteiger partial charge in [0.05, 0.1) is 5.69 Å². The first-order valence-electron chi connectivity index (χ1n) is 7.98. The number of rotatable bonds is 7. The van der Waals surface area contributed by atoms with E-state index in [2.05, 4.69) is 25.6 Å². The minimum absolute atomic E-state index is 0.0725. The fourth-order valence-electron chi connectivity index (χ4n) is 2.29. The Morgan fingerprint density at radius 3 is 2.92 bits per heavy atom. The molecule has 0 aliphatic rings. The third-order valence-corrected chi connectivity index (χ3v) is 3.71. The highest BCUT2D eigenvalue weighted by Gasteiger charge is 2.15. The van der Waals surface area contributed by atoms with Crippen LogP contribution in [0.1, 0.15) is 36.7 Å². The Hall–Kier alpha value is -2.80. The highest BCUT2D eigenvalue weighted by molar-refractivity contribution is 6.29. The second kappa shape index (κ2) is 7.85. The van der Waals surface area contributed by atoms with Crippen LogP contribution in [0, 0.1) is 0 Å². The Morgan fingerprint density at radius 2 is 2.16 bits per heavy atom. The number of ketones is 1. The maximum atomic E-state index is 12.4. The lowest BCUT2D eigenvalue weighted by molar-refractivity contribution is 0.0975. The van der Waals surface area contributed by atoms with E-state index in [9.17, 15) is 4.79 Å². The van der Waals surface area contributed by atoms with Crippen LogP contribution in [-0.4, -0.2) is 30.7 Å². The average Bonchev–Trinajstić information content (AvgIpc) is 3.15. The summed E-state index contributed by atoms with van der Waals surface area (Å²) in [7, 11) is 0. The van der Waals surface area contributed by atoms with Crippen LogP contribution in [0.5, 0.6) is 0 Å². The van der Waals surface area contributed by atoms with Gasteiger partial charge in [0.1, 0.15) is 5.82 Å². The summed E-state index contributed by atoms with van der Waals surface area (Å²) in [6.07, 6.45) is 5.64. The first-order valence-corrected chi connectivity index (χ1v) is 8.35. The normalized spacial score (nSPS) is 10.6. The third kappa shape index (κ3) is 4.19. The van der Waals surface area contributed by atoms with Gasteiger partial charge in [0.15, 0.2) is 22.4 Å². The molecule has 0 aliphatic heterocycles. The Bertz CT molecular complexity index is 865. The van der Waals surface area contributed by atoms with Gasteiger partial charge in [0.25, 0.3) is 0 Å². The van der Waals surface area contributed by atoms with Crippen molar-refractivity contribution in [1.29, 1.82) is 0 Å². The van der Waals surface area contributed by atoms with Crippen LogP contribution >= 0.6 is 11.6 Å². The fraction of sp³-hybridized carbons (Fsp3) is 0.235. The molecule has 7 nitrogen and oxygen atoms in total. The zero-order chi connectivity index (χ0) is 17.6. The number of aromatic nitrogens is 5. The minimum Gasteiger partial charge on any atom is -0.338 e. The van der Waals surface area contributed by atoms with E-state index in [-0.39, 0.29) is 16.6 Å².